The highest BCUT2D eigenvalue weighted by atomic mass is 35.5. The number of carbonyl (C=O) groups excluding carboxylic acids is 1. The molecule has 1 amide bonds. The number of nitrogens with zero attached hydrogens (tertiary/aromatic N) is 4. The van der Waals surface area contributed by atoms with E-state index in [9.17, 15) is 4.79 Å². The minimum atomic E-state index is -0.0663. The van der Waals surface area contributed by atoms with E-state index in [2.05, 4.69) is 27.1 Å². The van der Waals surface area contributed by atoms with Gasteiger partial charge in [-0.3, -0.25) is 4.79 Å². The number of hydrogen-bond acceptors (Lipinski definition) is 5. The summed E-state index contributed by atoms with van der Waals surface area (Å²) in [6.07, 6.45) is 0. The molecule has 1 aromatic heterocycles. The van der Waals surface area contributed by atoms with Gasteiger partial charge in [-0.2, -0.15) is 0 Å². The van der Waals surface area contributed by atoms with E-state index in [0.29, 0.717) is 40.5 Å². The molecule has 1 aromatic carbocycles. The Kier molecular flexibility index (Phi) is 5.96. The molecule has 0 unspecified atom stereocenters. The fourth-order valence-electron chi connectivity index (χ4n) is 2.89. The molecule has 26 heavy (non-hydrogen) atoms. The summed E-state index contributed by atoms with van der Waals surface area (Å²) >= 11 is 12.0. The molecule has 6 nitrogen and oxygen atoms in total. The molecule has 2 heterocycles. The average Bonchev–Trinajstić information content (AvgIpc) is 2.64. The van der Waals surface area contributed by atoms with E-state index in [1.165, 1.54) is 0 Å². The molecule has 2 aromatic rings. The van der Waals surface area contributed by atoms with Crippen molar-refractivity contribution in [2.75, 3.05) is 38.0 Å². The first kappa shape index (κ1) is 18.9. The first-order valence-corrected chi connectivity index (χ1v) is 9.31. The van der Waals surface area contributed by atoms with Crippen molar-refractivity contribution >= 4 is 40.6 Å². The van der Waals surface area contributed by atoms with Crippen LogP contribution < -0.4 is 5.32 Å². The van der Waals surface area contributed by atoms with Gasteiger partial charge in [0.05, 0.1) is 10.0 Å². The smallest absolute Gasteiger partial charge is 0.272 e. The fraction of sp³-hybridized carbons (Fsp3) is 0.389. The summed E-state index contributed by atoms with van der Waals surface area (Å²) in [5, 5.41) is 4.09. The Bertz CT molecular complexity index is 806. The van der Waals surface area contributed by atoms with Crippen molar-refractivity contribution in [1.29, 1.82) is 0 Å². The monoisotopic (exact) mass is 393 g/mol. The van der Waals surface area contributed by atoms with Gasteiger partial charge >= 0.3 is 0 Å². The number of aryl methyl sites for hydroxylation is 1. The molecule has 1 saturated heterocycles. The van der Waals surface area contributed by atoms with Crippen LogP contribution in [0.2, 0.25) is 10.0 Å². The summed E-state index contributed by atoms with van der Waals surface area (Å²) in [6.45, 7) is 8.11. The van der Waals surface area contributed by atoms with Crippen LogP contribution in [0, 0.1) is 6.92 Å². The summed E-state index contributed by atoms with van der Waals surface area (Å²) in [4.78, 5) is 25.6. The molecule has 1 aliphatic rings. The highest BCUT2D eigenvalue weighted by Crippen LogP contribution is 2.26. The van der Waals surface area contributed by atoms with E-state index in [0.717, 1.165) is 25.3 Å². The predicted octanol–water partition coefficient (Wildman–Crippen LogP) is 3.61. The van der Waals surface area contributed by atoms with Crippen molar-refractivity contribution in [3.63, 3.8) is 0 Å². The van der Waals surface area contributed by atoms with E-state index in [4.69, 9.17) is 23.2 Å². The van der Waals surface area contributed by atoms with Crippen LogP contribution in [0.25, 0.3) is 0 Å². The minimum absolute atomic E-state index is 0.0663. The van der Waals surface area contributed by atoms with Gasteiger partial charge in [0.2, 0.25) is 0 Å². The Morgan fingerprint density at radius 1 is 1.12 bits per heavy atom. The number of nitrogens with one attached hydrogen (secondary N) is 1. The van der Waals surface area contributed by atoms with Crippen molar-refractivity contribution in [2.24, 2.45) is 0 Å². The Hall–Kier alpha value is -1.89. The van der Waals surface area contributed by atoms with E-state index in [-0.39, 0.29) is 5.91 Å². The average molecular weight is 394 g/mol. The van der Waals surface area contributed by atoms with Crippen LogP contribution in [0.1, 0.15) is 23.2 Å². The Morgan fingerprint density at radius 3 is 2.50 bits per heavy atom. The summed E-state index contributed by atoms with van der Waals surface area (Å²) in [6, 6.07) is 6.90. The third-order valence-corrected chi connectivity index (χ3v) is 5.09. The van der Waals surface area contributed by atoms with E-state index < -0.39 is 0 Å². The number of piperazine rings is 1. The third-order valence-electron chi connectivity index (χ3n) is 4.36. The number of benzene rings is 1. The largest absolute Gasteiger partial charge is 0.340 e. The van der Waals surface area contributed by atoms with Gasteiger partial charge in [0.25, 0.3) is 5.91 Å². The Balaban J connectivity index is 1.76. The molecule has 1 N–H and O–H groups in total. The van der Waals surface area contributed by atoms with Gasteiger partial charge in [-0.05, 0) is 31.7 Å². The van der Waals surface area contributed by atoms with Crippen molar-refractivity contribution in [2.45, 2.75) is 13.8 Å². The van der Waals surface area contributed by atoms with Crippen molar-refractivity contribution in [1.82, 2.24) is 19.8 Å². The predicted molar refractivity (Wildman–Crippen MR) is 105 cm³/mol. The molecule has 0 aliphatic carbocycles. The van der Waals surface area contributed by atoms with Crippen LogP contribution in [0.5, 0.6) is 0 Å². The molecule has 0 saturated carbocycles. The molecular formula is C18H21Cl2N5O. The number of amides is 1. The molecule has 0 spiro atoms. The number of anilines is 2. The standard InChI is InChI=1S/C18H21Cl2N5O/c1-3-24-6-8-25(9-7-24)18(26)16-11-17(22-12(2)21-16)23-13-4-5-14(19)15(20)10-13/h4-5,10-11H,3,6-9H2,1-2H3,(H,21,22,23). The van der Waals surface area contributed by atoms with Crippen LogP contribution in [0.4, 0.5) is 11.5 Å². The zero-order valence-electron chi connectivity index (χ0n) is 14.8. The fourth-order valence-corrected chi connectivity index (χ4v) is 3.19. The SMILES string of the molecule is CCN1CCN(C(=O)c2cc(Nc3ccc(Cl)c(Cl)c3)nc(C)n2)CC1. The molecular weight excluding hydrogens is 373 g/mol. The van der Waals surface area contributed by atoms with E-state index in [1.807, 2.05) is 4.90 Å². The van der Waals surface area contributed by atoms with Crippen LogP contribution in [-0.4, -0.2) is 58.4 Å². The molecule has 3 rings (SSSR count). The maximum absolute atomic E-state index is 12.8. The zero-order valence-corrected chi connectivity index (χ0v) is 16.3. The first-order chi connectivity index (χ1) is 12.5. The van der Waals surface area contributed by atoms with Crippen molar-refractivity contribution in [3.05, 3.63) is 45.8 Å². The van der Waals surface area contributed by atoms with Gasteiger partial charge in [-0.1, -0.05) is 30.1 Å². The van der Waals surface area contributed by atoms with Crippen molar-refractivity contribution in [3.8, 4) is 0 Å². The lowest BCUT2D eigenvalue weighted by Crippen LogP contribution is -2.48. The summed E-state index contributed by atoms with van der Waals surface area (Å²) in [7, 11) is 0. The molecule has 8 heteroatoms. The number of aromatic nitrogens is 2. The lowest BCUT2D eigenvalue weighted by molar-refractivity contribution is 0.0637. The van der Waals surface area contributed by atoms with Gasteiger partial charge in [0.1, 0.15) is 17.3 Å². The first-order valence-electron chi connectivity index (χ1n) is 8.55. The van der Waals surface area contributed by atoms with Gasteiger partial charge in [-0.15, -0.1) is 0 Å². The number of halogens is 2. The molecule has 0 radical (unpaired) electrons. The maximum atomic E-state index is 12.8. The highest BCUT2D eigenvalue weighted by Gasteiger charge is 2.23. The molecule has 1 fully saturated rings. The maximum Gasteiger partial charge on any atom is 0.272 e. The second-order valence-corrected chi connectivity index (χ2v) is 6.98. The summed E-state index contributed by atoms with van der Waals surface area (Å²) in [5.41, 5.74) is 1.14. The molecule has 138 valence electrons. The number of hydrogen-bond donors (Lipinski definition) is 1. The minimum Gasteiger partial charge on any atom is -0.340 e. The Morgan fingerprint density at radius 2 is 1.85 bits per heavy atom. The normalized spacial score (nSPS) is 15.2. The third kappa shape index (κ3) is 4.44. The van der Waals surface area contributed by atoms with Gasteiger partial charge in [-0.25, -0.2) is 9.97 Å². The quantitative estimate of drug-likeness (QED) is 0.859. The molecule has 0 atom stereocenters. The van der Waals surface area contributed by atoms with Crippen LogP contribution in [0.15, 0.2) is 24.3 Å². The Labute approximate surface area is 163 Å². The molecule has 0 bridgehead atoms. The summed E-state index contributed by atoms with van der Waals surface area (Å²) in [5.74, 6) is 1.01. The highest BCUT2D eigenvalue weighted by molar-refractivity contribution is 6.42. The number of carbonyl (C=O) groups is 1. The number of rotatable bonds is 4. The van der Waals surface area contributed by atoms with E-state index >= 15 is 0 Å². The van der Waals surface area contributed by atoms with Crippen LogP contribution >= 0.6 is 23.2 Å². The summed E-state index contributed by atoms with van der Waals surface area (Å²) < 4.78 is 0. The van der Waals surface area contributed by atoms with Crippen LogP contribution in [0.3, 0.4) is 0 Å². The van der Waals surface area contributed by atoms with Gasteiger partial charge in [0.15, 0.2) is 0 Å². The topological polar surface area (TPSA) is 61.4 Å². The lowest BCUT2D eigenvalue weighted by atomic mass is 10.2. The van der Waals surface area contributed by atoms with Crippen LogP contribution in [-0.2, 0) is 0 Å². The molecule has 1 aliphatic heterocycles. The van der Waals surface area contributed by atoms with Gasteiger partial charge in [0, 0.05) is 37.9 Å². The van der Waals surface area contributed by atoms with E-state index in [1.54, 1.807) is 31.2 Å². The number of likely N-dealkylation sites (N-methyl/N-ethyl adjacent to an activating group) is 1. The second-order valence-electron chi connectivity index (χ2n) is 6.17. The van der Waals surface area contributed by atoms with Crippen molar-refractivity contribution < 1.29 is 4.79 Å². The zero-order chi connectivity index (χ0) is 18.7. The van der Waals surface area contributed by atoms with Gasteiger partial charge < -0.3 is 15.1 Å². The second kappa shape index (κ2) is 8.20. The lowest BCUT2D eigenvalue weighted by Gasteiger charge is -2.33.